The van der Waals surface area contributed by atoms with Crippen molar-refractivity contribution in [3.63, 3.8) is 0 Å². The molecular formula is C16H17I2NO. The molecule has 0 aromatic heterocycles. The van der Waals surface area contributed by atoms with E-state index in [0.717, 1.165) is 15.7 Å². The third-order valence-corrected chi connectivity index (χ3v) is 5.18. The van der Waals surface area contributed by atoms with E-state index in [1.807, 2.05) is 37.4 Å². The summed E-state index contributed by atoms with van der Waals surface area (Å²) in [5.74, 6) is 0. The van der Waals surface area contributed by atoms with Crippen molar-refractivity contribution in [2.45, 2.75) is 12.6 Å². The zero-order valence-electron chi connectivity index (χ0n) is 11.3. The molecule has 2 rings (SSSR count). The van der Waals surface area contributed by atoms with E-state index >= 15 is 0 Å². The Morgan fingerprint density at radius 2 is 1.60 bits per heavy atom. The lowest BCUT2D eigenvalue weighted by Crippen LogP contribution is -2.25. The van der Waals surface area contributed by atoms with E-state index in [9.17, 15) is 5.11 Å². The van der Waals surface area contributed by atoms with Gasteiger partial charge in [-0.05, 0) is 75.5 Å². The zero-order chi connectivity index (χ0) is 14.5. The van der Waals surface area contributed by atoms with E-state index < -0.39 is 6.10 Å². The summed E-state index contributed by atoms with van der Waals surface area (Å²) >= 11 is 4.63. The number of nitrogens with zero attached hydrogens (tertiary/aromatic N) is 1. The summed E-state index contributed by atoms with van der Waals surface area (Å²) in [6, 6.07) is 16.3. The van der Waals surface area contributed by atoms with Gasteiger partial charge in [-0.1, -0.05) is 36.4 Å². The van der Waals surface area contributed by atoms with E-state index in [1.54, 1.807) is 0 Å². The topological polar surface area (TPSA) is 23.5 Å². The van der Waals surface area contributed by atoms with Gasteiger partial charge in [0, 0.05) is 20.2 Å². The Balaban J connectivity index is 2.00. The third-order valence-electron chi connectivity index (χ3n) is 3.15. The van der Waals surface area contributed by atoms with Gasteiger partial charge in [0.15, 0.2) is 0 Å². The standard InChI is InChI=1S/C16H17I2NO/c1-19(10-12-6-2-4-8-14(12)17)11-16(20)13-7-3-5-9-15(13)18/h2-9,16,20H,10-11H2,1H3/t16-/m0/s1. The van der Waals surface area contributed by atoms with Crippen LogP contribution in [-0.4, -0.2) is 23.6 Å². The molecular weight excluding hydrogens is 476 g/mol. The molecule has 0 heterocycles. The van der Waals surface area contributed by atoms with Crippen LogP contribution in [0.5, 0.6) is 0 Å². The number of hydrogen-bond donors (Lipinski definition) is 1. The molecule has 1 atom stereocenters. The Morgan fingerprint density at radius 1 is 1.00 bits per heavy atom. The molecule has 4 heteroatoms. The van der Waals surface area contributed by atoms with E-state index in [-0.39, 0.29) is 0 Å². The van der Waals surface area contributed by atoms with Crippen molar-refractivity contribution in [3.8, 4) is 0 Å². The maximum absolute atomic E-state index is 10.4. The average molecular weight is 493 g/mol. The first-order valence-corrected chi connectivity index (χ1v) is 8.58. The summed E-state index contributed by atoms with van der Waals surface area (Å²) < 4.78 is 2.38. The second-order valence-corrected chi connectivity index (χ2v) is 7.15. The monoisotopic (exact) mass is 493 g/mol. The molecule has 0 aliphatic carbocycles. The maximum atomic E-state index is 10.4. The average Bonchev–Trinajstić information content (AvgIpc) is 2.41. The summed E-state index contributed by atoms with van der Waals surface area (Å²) in [4.78, 5) is 2.16. The molecule has 0 spiro atoms. The van der Waals surface area contributed by atoms with Crippen molar-refractivity contribution in [2.75, 3.05) is 13.6 Å². The van der Waals surface area contributed by atoms with Crippen LogP contribution in [0.3, 0.4) is 0 Å². The number of rotatable bonds is 5. The molecule has 0 aliphatic heterocycles. The van der Waals surface area contributed by atoms with Gasteiger partial charge in [0.05, 0.1) is 6.10 Å². The van der Waals surface area contributed by atoms with Crippen LogP contribution < -0.4 is 0 Å². The van der Waals surface area contributed by atoms with Gasteiger partial charge in [-0.2, -0.15) is 0 Å². The van der Waals surface area contributed by atoms with Gasteiger partial charge in [-0.3, -0.25) is 4.90 Å². The fourth-order valence-corrected chi connectivity index (χ4v) is 3.43. The first kappa shape index (κ1) is 16.2. The Hall–Kier alpha value is -0.180. The van der Waals surface area contributed by atoms with Crippen LogP contribution >= 0.6 is 45.2 Å². The quantitative estimate of drug-likeness (QED) is 0.636. The molecule has 2 aromatic carbocycles. The van der Waals surface area contributed by atoms with Gasteiger partial charge < -0.3 is 5.11 Å². The molecule has 0 bridgehead atoms. The van der Waals surface area contributed by atoms with E-state index in [1.165, 1.54) is 9.13 Å². The van der Waals surface area contributed by atoms with Crippen molar-refractivity contribution in [1.82, 2.24) is 4.90 Å². The van der Waals surface area contributed by atoms with Crippen LogP contribution in [0, 0.1) is 7.14 Å². The van der Waals surface area contributed by atoms with Gasteiger partial charge in [0.25, 0.3) is 0 Å². The number of hydrogen-bond acceptors (Lipinski definition) is 2. The van der Waals surface area contributed by atoms with Crippen molar-refractivity contribution in [3.05, 3.63) is 66.8 Å². The predicted octanol–water partition coefficient (Wildman–Crippen LogP) is 4.06. The fourth-order valence-electron chi connectivity index (χ4n) is 2.12. The molecule has 0 saturated heterocycles. The molecule has 2 aromatic rings. The molecule has 1 N–H and O–H groups in total. The second-order valence-electron chi connectivity index (χ2n) is 4.83. The van der Waals surface area contributed by atoms with Crippen LogP contribution in [0.2, 0.25) is 0 Å². The van der Waals surface area contributed by atoms with Gasteiger partial charge in [0.2, 0.25) is 0 Å². The molecule has 0 saturated carbocycles. The highest BCUT2D eigenvalue weighted by molar-refractivity contribution is 14.1. The SMILES string of the molecule is CN(Cc1ccccc1I)C[C@H](O)c1ccccc1I. The maximum Gasteiger partial charge on any atom is 0.0927 e. The zero-order valence-corrected chi connectivity index (χ0v) is 15.6. The molecule has 0 fully saturated rings. The minimum atomic E-state index is -0.450. The molecule has 0 unspecified atom stereocenters. The lowest BCUT2D eigenvalue weighted by atomic mass is 10.1. The largest absolute Gasteiger partial charge is 0.387 e. The van der Waals surface area contributed by atoms with Crippen LogP contribution in [-0.2, 0) is 6.54 Å². The minimum absolute atomic E-state index is 0.450. The van der Waals surface area contributed by atoms with Crippen molar-refractivity contribution < 1.29 is 5.11 Å². The summed E-state index contributed by atoms with van der Waals surface area (Å²) in [6.45, 7) is 1.48. The number of likely N-dealkylation sites (N-methyl/N-ethyl adjacent to an activating group) is 1. The first-order valence-electron chi connectivity index (χ1n) is 6.42. The minimum Gasteiger partial charge on any atom is -0.387 e. The number of aliphatic hydroxyl groups excluding tert-OH is 1. The van der Waals surface area contributed by atoms with Crippen LogP contribution in [0.25, 0.3) is 0 Å². The van der Waals surface area contributed by atoms with E-state index in [2.05, 4.69) is 68.3 Å². The van der Waals surface area contributed by atoms with Gasteiger partial charge >= 0.3 is 0 Å². The van der Waals surface area contributed by atoms with Gasteiger partial charge in [0.1, 0.15) is 0 Å². The third kappa shape index (κ3) is 4.41. The number of benzene rings is 2. The normalized spacial score (nSPS) is 12.7. The van der Waals surface area contributed by atoms with Gasteiger partial charge in [-0.25, -0.2) is 0 Å². The molecule has 20 heavy (non-hydrogen) atoms. The number of halogens is 2. The van der Waals surface area contributed by atoms with E-state index in [0.29, 0.717) is 6.54 Å². The Labute approximate surface area is 147 Å². The Kier molecular flexibility index (Phi) is 6.25. The smallest absolute Gasteiger partial charge is 0.0927 e. The van der Waals surface area contributed by atoms with Gasteiger partial charge in [-0.15, -0.1) is 0 Å². The molecule has 0 aliphatic rings. The Morgan fingerprint density at radius 3 is 2.25 bits per heavy atom. The predicted molar refractivity (Wildman–Crippen MR) is 99.6 cm³/mol. The van der Waals surface area contributed by atoms with Crippen molar-refractivity contribution in [2.24, 2.45) is 0 Å². The highest BCUT2D eigenvalue weighted by Crippen LogP contribution is 2.21. The van der Waals surface area contributed by atoms with Crippen molar-refractivity contribution in [1.29, 1.82) is 0 Å². The van der Waals surface area contributed by atoms with E-state index in [4.69, 9.17) is 0 Å². The van der Waals surface area contributed by atoms with Crippen LogP contribution in [0.15, 0.2) is 48.5 Å². The molecule has 106 valence electrons. The summed E-state index contributed by atoms with van der Waals surface area (Å²) in [5.41, 5.74) is 2.30. The number of aliphatic hydroxyl groups is 1. The highest BCUT2D eigenvalue weighted by atomic mass is 127. The fraction of sp³-hybridized carbons (Fsp3) is 0.250. The second kappa shape index (κ2) is 7.72. The van der Waals surface area contributed by atoms with Crippen LogP contribution in [0.1, 0.15) is 17.2 Å². The molecule has 0 radical (unpaired) electrons. The highest BCUT2D eigenvalue weighted by Gasteiger charge is 2.14. The molecule has 0 amide bonds. The van der Waals surface area contributed by atoms with Crippen molar-refractivity contribution >= 4 is 45.2 Å². The lowest BCUT2D eigenvalue weighted by molar-refractivity contribution is 0.123. The lowest BCUT2D eigenvalue weighted by Gasteiger charge is -2.22. The summed E-state index contributed by atoms with van der Waals surface area (Å²) in [5, 5.41) is 10.4. The summed E-state index contributed by atoms with van der Waals surface area (Å²) in [7, 11) is 2.04. The van der Waals surface area contributed by atoms with Crippen LogP contribution in [0.4, 0.5) is 0 Å². The Bertz CT molecular complexity index is 574. The summed E-state index contributed by atoms with van der Waals surface area (Å²) in [6.07, 6.45) is -0.450. The molecule has 2 nitrogen and oxygen atoms in total. The first-order chi connectivity index (χ1) is 9.58.